The van der Waals surface area contributed by atoms with Crippen molar-refractivity contribution in [1.82, 2.24) is 4.98 Å². The van der Waals surface area contributed by atoms with E-state index in [1.165, 1.54) is 0 Å². The normalized spacial score (nSPS) is 11.1. The van der Waals surface area contributed by atoms with E-state index in [-0.39, 0.29) is 0 Å². The lowest BCUT2D eigenvalue weighted by atomic mass is 10.2. The summed E-state index contributed by atoms with van der Waals surface area (Å²) >= 11 is 0. The summed E-state index contributed by atoms with van der Waals surface area (Å²) in [4.78, 5) is 8.44. The molecule has 0 bridgehead atoms. The fourth-order valence-electron chi connectivity index (χ4n) is 1.97. The molecule has 0 unspecified atom stereocenters. The molecular weight excluding hydrogens is 280 g/mol. The summed E-state index contributed by atoms with van der Waals surface area (Å²) in [6, 6.07) is 7.44. The maximum Gasteiger partial charge on any atom is 0.193 e. The van der Waals surface area contributed by atoms with E-state index in [1.807, 2.05) is 19.1 Å². The molecule has 2 aromatic rings. The Morgan fingerprint density at radius 2 is 2.05 bits per heavy atom. The summed E-state index contributed by atoms with van der Waals surface area (Å²) in [5.41, 5.74) is 8.72. The van der Waals surface area contributed by atoms with Crippen LogP contribution in [0.2, 0.25) is 0 Å². The number of hydrogen-bond donors (Lipinski definition) is 2. The van der Waals surface area contributed by atoms with Gasteiger partial charge in [0.2, 0.25) is 0 Å². The topological polar surface area (TPSA) is 81.8 Å². The third-order valence-electron chi connectivity index (χ3n) is 3.03. The maximum atomic E-state index is 5.93. The first-order valence-electron chi connectivity index (χ1n) is 6.82. The molecule has 116 valence electrons. The van der Waals surface area contributed by atoms with Gasteiger partial charge in [0.25, 0.3) is 0 Å². The van der Waals surface area contributed by atoms with Crippen LogP contribution in [0.4, 0.5) is 5.69 Å². The van der Waals surface area contributed by atoms with Crippen molar-refractivity contribution >= 4 is 11.6 Å². The Hall–Kier alpha value is -2.76. The van der Waals surface area contributed by atoms with Crippen molar-refractivity contribution in [2.75, 3.05) is 19.5 Å². The van der Waals surface area contributed by atoms with E-state index in [2.05, 4.69) is 15.3 Å². The lowest BCUT2D eigenvalue weighted by Gasteiger charge is -2.12. The second-order valence-corrected chi connectivity index (χ2v) is 4.76. The van der Waals surface area contributed by atoms with Crippen LogP contribution in [0.15, 0.2) is 41.7 Å². The van der Waals surface area contributed by atoms with Gasteiger partial charge in [0.1, 0.15) is 11.5 Å². The molecule has 0 spiro atoms. The molecule has 6 heteroatoms. The highest BCUT2D eigenvalue weighted by Gasteiger charge is 2.06. The van der Waals surface area contributed by atoms with Gasteiger partial charge in [-0.25, -0.2) is 4.99 Å². The van der Waals surface area contributed by atoms with Crippen LogP contribution in [0.3, 0.4) is 0 Å². The first-order valence-corrected chi connectivity index (χ1v) is 6.82. The summed E-state index contributed by atoms with van der Waals surface area (Å²) in [7, 11) is 3.20. The van der Waals surface area contributed by atoms with Gasteiger partial charge in [-0.05, 0) is 30.2 Å². The van der Waals surface area contributed by atoms with Gasteiger partial charge in [0.05, 0.1) is 26.5 Å². The van der Waals surface area contributed by atoms with Crippen LogP contribution in [-0.4, -0.2) is 25.2 Å². The molecule has 0 saturated heterocycles. The maximum absolute atomic E-state index is 5.93. The average molecular weight is 300 g/mol. The number of hydrogen-bond acceptors (Lipinski definition) is 4. The van der Waals surface area contributed by atoms with Crippen molar-refractivity contribution < 1.29 is 9.47 Å². The van der Waals surface area contributed by atoms with E-state index in [0.29, 0.717) is 29.7 Å². The first-order chi connectivity index (χ1) is 10.6. The number of pyridine rings is 1. The molecule has 0 saturated carbocycles. The minimum Gasteiger partial charge on any atom is -0.497 e. The Kier molecular flexibility index (Phi) is 5.19. The molecular formula is C16H20N4O2. The van der Waals surface area contributed by atoms with Gasteiger partial charge in [0.15, 0.2) is 5.96 Å². The number of rotatable bonds is 5. The van der Waals surface area contributed by atoms with Gasteiger partial charge in [-0.2, -0.15) is 0 Å². The third kappa shape index (κ3) is 4.12. The van der Waals surface area contributed by atoms with Crippen molar-refractivity contribution in [1.29, 1.82) is 0 Å². The van der Waals surface area contributed by atoms with Crippen molar-refractivity contribution in [2.45, 2.75) is 13.5 Å². The molecule has 6 nitrogen and oxygen atoms in total. The monoisotopic (exact) mass is 300 g/mol. The predicted molar refractivity (Wildman–Crippen MR) is 87.5 cm³/mol. The predicted octanol–water partition coefficient (Wildman–Crippen LogP) is 2.33. The van der Waals surface area contributed by atoms with E-state index in [1.54, 1.807) is 38.7 Å². The molecule has 0 amide bonds. The molecule has 0 fully saturated rings. The smallest absolute Gasteiger partial charge is 0.193 e. The quantitative estimate of drug-likeness (QED) is 0.654. The van der Waals surface area contributed by atoms with E-state index < -0.39 is 0 Å². The molecule has 3 N–H and O–H groups in total. The number of nitrogens with one attached hydrogen (secondary N) is 1. The zero-order valence-corrected chi connectivity index (χ0v) is 13.0. The Labute approximate surface area is 130 Å². The van der Waals surface area contributed by atoms with Gasteiger partial charge in [0, 0.05) is 18.5 Å². The van der Waals surface area contributed by atoms with Gasteiger partial charge < -0.3 is 20.5 Å². The summed E-state index contributed by atoms with van der Waals surface area (Å²) in [6.45, 7) is 2.45. The molecule has 22 heavy (non-hydrogen) atoms. The summed E-state index contributed by atoms with van der Waals surface area (Å²) in [5, 5.41) is 3.02. The highest BCUT2D eigenvalue weighted by molar-refractivity contribution is 5.94. The SMILES string of the molecule is COc1ccc(OC)c(NC(N)=NCc2cncc(C)c2)c1. The highest BCUT2D eigenvalue weighted by atomic mass is 16.5. The van der Waals surface area contributed by atoms with Crippen molar-refractivity contribution in [2.24, 2.45) is 10.7 Å². The fraction of sp³-hybridized carbons (Fsp3) is 0.250. The number of nitrogens with two attached hydrogens (primary N) is 1. The molecule has 0 radical (unpaired) electrons. The number of methoxy groups -OCH3 is 2. The number of nitrogens with zero attached hydrogens (tertiary/aromatic N) is 2. The Bertz CT molecular complexity index is 671. The minimum atomic E-state index is 0.299. The Morgan fingerprint density at radius 3 is 2.73 bits per heavy atom. The number of guanidine groups is 1. The van der Waals surface area contributed by atoms with E-state index in [4.69, 9.17) is 15.2 Å². The number of aryl methyl sites for hydroxylation is 1. The van der Waals surface area contributed by atoms with Gasteiger partial charge in [-0.15, -0.1) is 0 Å². The van der Waals surface area contributed by atoms with Gasteiger partial charge in [-0.1, -0.05) is 6.07 Å². The molecule has 0 aliphatic rings. The third-order valence-corrected chi connectivity index (χ3v) is 3.03. The molecule has 0 atom stereocenters. The molecule has 1 aromatic heterocycles. The van der Waals surface area contributed by atoms with Crippen LogP contribution in [0.5, 0.6) is 11.5 Å². The first kappa shape index (κ1) is 15.6. The zero-order valence-electron chi connectivity index (χ0n) is 13.0. The van der Waals surface area contributed by atoms with E-state index in [0.717, 1.165) is 11.1 Å². The molecule has 1 aromatic carbocycles. The second kappa shape index (κ2) is 7.31. The Balaban J connectivity index is 2.10. The van der Waals surface area contributed by atoms with Crippen LogP contribution in [-0.2, 0) is 6.54 Å². The minimum absolute atomic E-state index is 0.299. The Morgan fingerprint density at radius 1 is 1.23 bits per heavy atom. The largest absolute Gasteiger partial charge is 0.497 e. The zero-order chi connectivity index (χ0) is 15.9. The summed E-state index contributed by atoms with van der Waals surface area (Å²) in [6.07, 6.45) is 3.58. The number of aliphatic imine (C=N–C) groups is 1. The van der Waals surface area contributed by atoms with Crippen molar-refractivity contribution in [3.05, 3.63) is 47.8 Å². The van der Waals surface area contributed by atoms with E-state index in [9.17, 15) is 0 Å². The van der Waals surface area contributed by atoms with Crippen LogP contribution in [0.25, 0.3) is 0 Å². The highest BCUT2D eigenvalue weighted by Crippen LogP contribution is 2.28. The molecule has 0 aliphatic heterocycles. The van der Waals surface area contributed by atoms with Crippen LogP contribution in [0.1, 0.15) is 11.1 Å². The fourth-order valence-corrected chi connectivity index (χ4v) is 1.97. The van der Waals surface area contributed by atoms with Crippen LogP contribution >= 0.6 is 0 Å². The van der Waals surface area contributed by atoms with E-state index >= 15 is 0 Å². The lowest BCUT2D eigenvalue weighted by molar-refractivity contribution is 0.405. The molecule has 0 aliphatic carbocycles. The van der Waals surface area contributed by atoms with Crippen molar-refractivity contribution in [3.63, 3.8) is 0 Å². The summed E-state index contributed by atoms with van der Waals surface area (Å²) < 4.78 is 10.5. The number of anilines is 1. The van der Waals surface area contributed by atoms with Crippen LogP contribution in [0, 0.1) is 6.92 Å². The molecule has 2 rings (SSSR count). The average Bonchev–Trinajstić information content (AvgIpc) is 2.53. The standard InChI is InChI=1S/C16H20N4O2/c1-11-6-12(9-18-8-11)10-19-16(17)20-14-7-13(21-2)4-5-15(14)22-3/h4-9H,10H2,1-3H3,(H3,17,19,20). The lowest BCUT2D eigenvalue weighted by Crippen LogP contribution is -2.23. The second-order valence-electron chi connectivity index (χ2n) is 4.76. The number of benzene rings is 1. The van der Waals surface area contributed by atoms with Crippen molar-refractivity contribution in [3.8, 4) is 11.5 Å². The number of aromatic nitrogens is 1. The van der Waals surface area contributed by atoms with Gasteiger partial charge >= 0.3 is 0 Å². The summed E-state index contributed by atoms with van der Waals surface area (Å²) in [5.74, 6) is 1.67. The van der Waals surface area contributed by atoms with Crippen LogP contribution < -0.4 is 20.5 Å². The van der Waals surface area contributed by atoms with Gasteiger partial charge in [-0.3, -0.25) is 4.98 Å². The molecule has 1 heterocycles. The number of ether oxygens (including phenoxy) is 2.